The highest BCUT2D eigenvalue weighted by atomic mass is 127. The lowest BCUT2D eigenvalue weighted by molar-refractivity contribution is 0.102. The van der Waals surface area contributed by atoms with Gasteiger partial charge in [-0.05, 0) is 59.8 Å². The van der Waals surface area contributed by atoms with Gasteiger partial charge >= 0.3 is 0 Å². The number of halogens is 1. The van der Waals surface area contributed by atoms with E-state index >= 15 is 0 Å². The number of anilines is 1. The maximum atomic E-state index is 12.2. The molecule has 0 radical (unpaired) electrons. The molecule has 0 unspecified atom stereocenters. The highest BCUT2D eigenvalue weighted by Gasteiger charge is 2.09. The zero-order chi connectivity index (χ0) is 15.2. The van der Waals surface area contributed by atoms with E-state index in [1.807, 2.05) is 25.1 Å². The molecule has 5 heteroatoms. The van der Waals surface area contributed by atoms with Gasteiger partial charge in [0.15, 0.2) is 11.5 Å². The fourth-order valence-electron chi connectivity index (χ4n) is 1.85. The van der Waals surface area contributed by atoms with Crippen molar-refractivity contribution in [2.75, 3.05) is 19.0 Å². The quantitative estimate of drug-likeness (QED) is 0.778. The van der Waals surface area contributed by atoms with Crippen LogP contribution < -0.4 is 14.8 Å². The summed E-state index contributed by atoms with van der Waals surface area (Å²) in [5, 5.41) is 2.85. The predicted octanol–water partition coefficient (Wildman–Crippen LogP) is 3.95. The SMILES string of the molecule is CCOc1ccc(NC(=O)c2cccc(I)c2)cc1OC. The van der Waals surface area contributed by atoms with Crippen LogP contribution >= 0.6 is 22.6 Å². The maximum Gasteiger partial charge on any atom is 0.255 e. The van der Waals surface area contributed by atoms with Crippen LogP contribution in [0.5, 0.6) is 11.5 Å². The molecule has 0 aliphatic carbocycles. The van der Waals surface area contributed by atoms with Crippen LogP contribution in [0.3, 0.4) is 0 Å². The first-order chi connectivity index (χ1) is 10.1. The van der Waals surface area contributed by atoms with Gasteiger partial charge < -0.3 is 14.8 Å². The molecule has 0 heterocycles. The Balaban J connectivity index is 2.17. The van der Waals surface area contributed by atoms with Crippen molar-refractivity contribution in [3.8, 4) is 11.5 Å². The first-order valence-corrected chi connectivity index (χ1v) is 7.59. The number of carbonyl (C=O) groups is 1. The van der Waals surface area contributed by atoms with E-state index in [-0.39, 0.29) is 5.91 Å². The first-order valence-electron chi connectivity index (χ1n) is 6.51. The van der Waals surface area contributed by atoms with E-state index in [0.717, 1.165) is 3.57 Å². The first kappa shape index (κ1) is 15.6. The average Bonchev–Trinajstić information content (AvgIpc) is 2.49. The van der Waals surface area contributed by atoms with Gasteiger partial charge in [-0.25, -0.2) is 0 Å². The molecule has 0 aliphatic heterocycles. The Morgan fingerprint density at radius 1 is 1.19 bits per heavy atom. The van der Waals surface area contributed by atoms with Crippen molar-refractivity contribution in [3.63, 3.8) is 0 Å². The van der Waals surface area contributed by atoms with Crippen molar-refractivity contribution in [1.82, 2.24) is 0 Å². The van der Waals surface area contributed by atoms with Crippen molar-refractivity contribution in [1.29, 1.82) is 0 Å². The van der Waals surface area contributed by atoms with E-state index in [0.29, 0.717) is 29.4 Å². The molecular formula is C16H16INO3. The molecule has 110 valence electrons. The summed E-state index contributed by atoms with van der Waals surface area (Å²) >= 11 is 2.18. The largest absolute Gasteiger partial charge is 0.493 e. The van der Waals surface area contributed by atoms with Gasteiger partial charge in [-0.2, -0.15) is 0 Å². The molecule has 0 saturated carbocycles. The van der Waals surface area contributed by atoms with Crippen LogP contribution in [0, 0.1) is 3.57 Å². The van der Waals surface area contributed by atoms with Gasteiger partial charge in [0.1, 0.15) is 0 Å². The third-order valence-corrected chi connectivity index (χ3v) is 3.48. The summed E-state index contributed by atoms with van der Waals surface area (Å²) in [5.74, 6) is 1.10. The van der Waals surface area contributed by atoms with Crippen LogP contribution in [0.4, 0.5) is 5.69 Å². The normalized spacial score (nSPS) is 10.0. The fraction of sp³-hybridized carbons (Fsp3) is 0.188. The van der Waals surface area contributed by atoms with Crippen molar-refractivity contribution >= 4 is 34.2 Å². The molecule has 0 aromatic heterocycles. The molecule has 0 spiro atoms. The van der Waals surface area contributed by atoms with Crippen molar-refractivity contribution < 1.29 is 14.3 Å². The van der Waals surface area contributed by atoms with Crippen molar-refractivity contribution in [2.45, 2.75) is 6.92 Å². The van der Waals surface area contributed by atoms with Gasteiger partial charge in [0.2, 0.25) is 0 Å². The lowest BCUT2D eigenvalue weighted by Gasteiger charge is -2.12. The second kappa shape index (κ2) is 7.31. The third kappa shape index (κ3) is 4.10. The van der Waals surface area contributed by atoms with Crippen molar-refractivity contribution in [2.24, 2.45) is 0 Å². The molecule has 4 nitrogen and oxygen atoms in total. The Kier molecular flexibility index (Phi) is 5.44. The number of carbonyl (C=O) groups excluding carboxylic acids is 1. The molecule has 1 amide bonds. The summed E-state index contributed by atoms with van der Waals surface area (Å²) in [7, 11) is 1.57. The Morgan fingerprint density at radius 3 is 2.67 bits per heavy atom. The second-order valence-electron chi connectivity index (χ2n) is 4.26. The number of rotatable bonds is 5. The molecule has 0 fully saturated rings. The van der Waals surface area contributed by atoms with E-state index < -0.39 is 0 Å². The average molecular weight is 397 g/mol. The summed E-state index contributed by atoms with van der Waals surface area (Å²) < 4.78 is 11.7. The number of hydrogen-bond acceptors (Lipinski definition) is 3. The molecular weight excluding hydrogens is 381 g/mol. The number of methoxy groups -OCH3 is 1. The van der Waals surface area contributed by atoms with Crippen molar-refractivity contribution in [3.05, 3.63) is 51.6 Å². The minimum absolute atomic E-state index is 0.153. The third-order valence-electron chi connectivity index (χ3n) is 2.81. The minimum atomic E-state index is -0.153. The summed E-state index contributed by atoms with van der Waals surface area (Å²) in [4.78, 5) is 12.2. The van der Waals surface area contributed by atoms with Crippen LogP contribution in [-0.4, -0.2) is 19.6 Å². The predicted molar refractivity (Wildman–Crippen MR) is 91.3 cm³/mol. The summed E-state index contributed by atoms with van der Waals surface area (Å²) in [5.41, 5.74) is 1.29. The Hall–Kier alpha value is -1.76. The van der Waals surface area contributed by atoms with Gasteiger partial charge in [0.25, 0.3) is 5.91 Å². The molecule has 1 N–H and O–H groups in total. The fourth-order valence-corrected chi connectivity index (χ4v) is 2.40. The lowest BCUT2D eigenvalue weighted by atomic mass is 10.2. The molecule has 0 bridgehead atoms. The number of nitrogens with one attached hydrogen (secondary N) is 1. The standard InChI is InChI=1S/C16H16INO3/c1-3-21-14-8-7-13(10-15(14)20-2)18-16(19)11-5-4-6-12(17)9-11/h4-10H,3H2,1-2H3,(H,18,19). The van der Waals surface area contributed by atoms with Crippen LogP contribution in [0.2, 0.25) is 0 Å². The van der Waals surface area contributed by atoms with E-state index in [1.54, 1.807) is 31.4 Å². The number of amides is 1. The molecule has 2 rings (SSSR count). The number of benzene rings is 2. The maximum absolute atomic E-state index is 12.2. The number of hydrogen-bond donors (Lipinski definition) is 1. The van der Waals surface area contributed by atoms with Gasteiger partial charge in [-0.15, -0.1) is 0 Å². The monoisotopic (exact) mass is 397 g/mol. The summed E-state index contributed by atoms with van der Waals surface area (Å²) in [6.45, 7) is 2.47. The van der Waals surface area contributed by atoms with Crippen LogP contribution in [0.15, 0.2) is 42.5 Å². The molecule has 0 aliphatic rings. The van der Waals surface area contributed by atoms with Crippen LogP contribution in [0.25, 0.3) is 0 Å². The lowest BCUT2D eigenvalue weighted by Crippen LogP contribution is -2.12. The van der Waals surface area contributed by atoms with Gasteiger partial charge in [0, 0.05) is 20.9 Å². The van der Waals surface area contributed by atoms with E-state index in [4.69, 9.17) is 9.47 Å². The van der Waals surface area contributed by atoms with Gasteiger partial charge in [-0.3, -0.25) is 4.79 Å². The topological polar surface area (TPSA) is 47.6 Å². The molecule has 2 aromatic carbocycles. The highest BCUT2D eigenvalue weighted by molar-refractivity contribution is 14.1. The number of ether oxygens (including phenoxy) is 2. The Labute approximate surface area is 137 Å². The molecule has 0 atom stereocenters. The van der Waals surface area contributed by atoms with E-state index in [2.05, 4.69) is 27.9 Å². The highest BCUT2D eigenvalue weighted by Crippen LogP contribution is 2.30. The van der Waals surface area contributed by atoms with Gasteiger partial charge in [-0.1, -0.05) is 6.07 Å². The van der Waals surface area contributed by atoms with Crippen LogP contribution in [0.1, 0.15) is 17.3 Å². The van der Waals surface area contributed by atoms with Crippen LogP contribution in [-0.2, 0) is 0 Å². The van der Waals surface area contributed by atoms with E-state index in [1.165, 1.54) is 0 Å². The molecule has 0 saturated heterocycles. The zero-order valence-corrected chi connectivity index (χ0v) is 14.0. The Morgan fingerprint density at radius 2 is 2.00 bits per heavy atom. The zero-order valence-electron chi connectivity index (χ0n) is 11.9. The summed E-state index contributed by atoms with van der Waals surface area (Å²) in [6, 6.07) is 12.7. The molecule has 2 aromatic rings. The minimum Gasteiger partial charge on any atom is -0.493 e. The second-order valence-corrected chi connectivity index (χ2v) is 5.51. The smallest absolute Gasteiger partial charge is 0.255 e. The van der Waals surface area contributed by atoms with Gasteiger partial charge in [0.05, 0.1) is 13.7 Å². The van der Waals surface area contributed by atoms with E-state index in [9.17, 15) is 4.79 Å². The Bertz CT molecular complexity index is 643. The summed E-state index contributed by atoms with van der Waals surface area (Å²) in [6.07, 6.45) is 0. The molecule has 21 heavy (non-hydrogen) atoms.